The van der Waals surface area contributed by atoms with Crippen LogP contribution in [0.5, 0.6) is 0 Å². The Morgan fingerprint density at radius 2 is 2.29 bits per heavy atom. The van der Waals surface area contributed by atoms with E-state index in [4.69, 9.17) is 0 Å². The predicted molar refractivity (Wildman–Crippen MR) is 70.6 cm³/mol. The van der Waals surface area contributed by atoms with E-state index in [0.717, 1.165) is 11.1 Å². The van der Waals surface area contributed by atoms with Gasteiger partial charge in [-0.05, 0) is 43.8 Å². The van der Waals surface area contributed by atoms with Gasteiger partial charge in [-0.25, -0.2) is 0 Å². The lowest BCUT2D eigenvalue weighted by molar-refractivity contribution is -0.115. The minimum absolute atomic E-state index is 0.171. The highest BCUT2D eigenvalue weighted by molar-refractivity contribution is 5.90. The quantitative estimate of drug-likeness (QED) is 0.759. The summed E-state index contributed by atoms with van der Waals surface area (Å²) in [6.07, 6.45) is 6.40. The van der Waals surface area contributed by atoms with Crippen molar-refractivity contribution in [2.75, 3.05) is 0 Å². The Bertz CT molecular complexity index is 359. The summed E-state index contributed by atoms with van der Waals surface area (Å²) in [4.78, 5) is 11.7. The molecule has 2 heteroatoms. The molecule has 0 aromatic heterocycles. The molecule has 0 fully saturated rings. The summed E-state index contributed by atoms with van der Waals surface area (Å²) < 4.78 is 0. The molecule has 0 amide bonds. The molecule has 0 aromatic carbocycles. The lowest BCUT2D eigenvalue weighted by Crippen LogP contribution is -2.23. The molecule has 0 aliphatic heterocycles. The number of rotatable bonds is 4. The largest absolute Gasteiger partial charge is 0.388 e. The van der Waals surface area contributed by atoms with Gasteiger partial charge in [-0.2, -0.15) is 0 Å². The normalized spacial score (nSPS) is 25.5. The van der Waals surface area contributed by atoms with Crippen LogP contribution in [0, 0.1) is 11.8 Å². The monoisotopic (exact) mass is 234 g/mol. The third-order valence-corrected chi connectivity index (χ3v) is 3.18. The van der Waals surface area contributed by atoms with Crippen molar-refractivity contribution >= 4 is 5.78 Å². The number of allylic oxidation sites excluding steroid dienone is 3. The molecule has 0 bridgehead atoms. The summed E-state index contributed by atoms with van der Waals surface area (Å²) in [6, 6.07) is 0. The minimum Gasteiger partial charge on any atom is -0.388 e. The average Bonchev–Trinajstić information content (AvgIpc) is 2.20. The van der Waals surface area contributed by atoms with E-state index in [9.17, 15) is 9.90 Å². The molecule has 1 aliphatic rings. The van der Waals surface area contributed by atoms with Crippen LogP contribution in [0.4, 0.5) is 0 Å². The standard InChI is InChI=1S/C15H22O2/c1-10(2)7-14(16)8-12(4)13-6-5-11(3)15(17)9-13/h5-7,12-13,15,17H,3,8-9H2,1-2,4H3. The van der Waals surface area contributed by atoms with Gasteiger partial charge in [-0.3, -0.25) is 4.79 Å². The zero-order valence-corrected chi connectivity index (χ0v) is 10.9. The second-order valence-corrected chi connectivity index (χ2v) is 5.22. The topological polar surface area (TPSA) is 37.3 Å². The Hall–Kier alpha value is -1.15. The van der Waals surface area contributed by atoms with E-state index >= 15 is 0 Å². The summed E-state index contributed by atoms with van der Waals surface area (Å²) in [5.74, 6) is 0.701. The lowest BCUT2D eigenvalue weighted by Gasteiger charge is -2.27. The number of aliphatic hydroxyl groups excluding tert-OH is 1. The highest BCUT2D eigenvalue weighted by atomic mass is 16.3. The molecular formula is C15H22O2. The molecule has 0 saturated carbocycles. The molecule has 3 unspecified atom stereocenters. The van der Waals surface area contributed by atoms with Crippen molar-refractivity contribution in [1.29, 1.82) is 0 Å². The van der Waals surface area contributed by atoms with Crippen molar-refractivity contribution in [3.8, 4) is 0 Å². The molecule has 1 rings (SSSR count). The van der Waals surface area contributed by atoms with E-state index in [1.165, 1.54) is 0 Å². The predicted octanol–water partition coefficient (Wildman–Crippen LogP) is 3.04. The van der Waals surface area contributed by atoms with Gasteiger partial charge < -0.3 is 5.11 Å². The molecule has 17 heavy (non-hydrogen) atoms. The number of aliphatic hydroxyl groups is 1. The first-order chi connectivity index (χ1) is 7.90. The number of hydrogen-bond donors (Lipinski definition) is 1. The summed E-state index contributed by atoms with van der Waals surface area (Å²) >= 11 is 0. The maximum atomic E-state index is 11.7. The molecule has 0 saturated heterocycles. The van der Waals surface area contributed by atoms with Gasteiger partial charge in [0.15, 0.2) is 5.78 Å². The molecule has 0 spiro atoms. The summed E-state index contributed by atoms with van der Waals surface area (Å²) in [7, 11) is 0. The van der Waals surface area contributed by atoms with Crippen LogP contribution >= 0.6 is 0 Å². The average molecular weight is 234 g/mol. The van der Waals surface area contributed by atoms with Crippen molar-refractivity contribution in [3.63, 3.8) is 0 Å². The summed E-state index contributed by atoms with van der Waals surface area (Å²) in [5.41, 5.74) is 1.80. The first-order valence-corrected chi connectivity index (χ1v) is 6.13. The molecule has 0 heterocycles. The molecule has 1 N–H and O–H groups in total. The van der Waals surface area contributed by atoms with E-state index < -0.39 is 6.10 Å². The first kappa shape index (κ1) is 13.9. The fourth-order valence-electron chi connectivity index (χ4n) is 2.12. The van der Waals surface area contributed by atoms with E-state index in [1.54, 1.807) is 6.08 Å². The molecule has 94 valence electrons. The molecule has 0 aromatic rings. The molecule has 1 aliphatic carbocycles. The van der Waals surface area contributed by atoms with Crippen LogP contribution in [0.3, 0.4) is 0 Å². The number of hydrogen-bond acceptors (Lipinski definition) is 2. The van der Waals surface area contributed by atoms with Gasteiger partial charge in [-0.1, -0.05) is 31.2 Å². The number of carbonyl (C=O) groups excluding carboxylic acids is 1. The second kappa shape index (κ2) is 5.97. The Labute approximate surface area is 104 Å². The molecule has 3 atom stereocenters. The number of carbonyl (C=O) groups is 1. The zero-order valence-electron chi connectivity index (χ0n) is 10.9. The van der Waals surface area contributed by atoms with Gasteiger partial charge in [0.1, 0.15) is 0 Å². The molecular weight excluding hydrogens is 212 g/mol. The second-order valence-electron chi connectivity index (χ2n) is 5.22. The van der Waals surface area contributed by atoms with Gasteiger partial charge in [0.05, 0.1) is 6.10 Å². The van der Waals surface area contributed by atoms with Gasteiger partial charge in [0.25, 0.3) is 0 Å². The molecule has 0 radical (unpaired) electrons. The first-order valence-electron chi connectivity index (χ1n) is 6.13. The third kappa shape index (κ3) is 4.31. The molecule has 2 nitrogen and oxygen atoms in total. The van der Waals surface area contributed by atoms with Crippen LogP contribution < -0.4 is 0 Å². The van der Waals surface area contributed by atoms with Crippen LogP contribution in [0.2, 0.25) is 0 Å². The van der Waals surface area contributed by atoms with Gasteiger partial charge >= 0.3 is 0 Å². The van der Waals surface area contributed by atoms with Gasteiger partial charge in [-0.15, -0.1) is 0 Å². The smallest absolute Gasteiger partial charge is 0.155 e. The van der Waals surface area contributed by atoms with Gasteiger partial charge in [0.2, 0.25) is 0 Å². The van der Waals surface area contributed by atoms with Crippen LogP contribution in [0.15, 0.2) is 36.0 Å². The van der Waals surface area contributed by atoms with E-state index in [2.05, 4.69) is 19.6 Å². The zero-order chi connectivity index (χ0) is 13.0. The van der Waals surface area contributed by atoms with Crippen LogP contribution in [0.1, 0.15) is 33.6 Å². The lowest BCUT2D eigenvalue weighted by atomic mass is 9.80. The fourth-order valence-corrected chi connectivity index (χ4v) is 2.12. The maximum absolute atomic E-state index is 11.7. The van der Waals surface area contributed by atoms with E-state index in [-0.39, 0.29) is 17.6 Å². The van der Waals surface area contributed by atoms with E-state index in [0.29, 0.717) is 12.8 Å². The highest BCUT2D eigenvalue weighted by Gasteiger charge is 2.24. The Morgan fingerprint density at radius 1 is 1.65 bits per heavy atom. The summed E-state index contributed by atoms with van der Waals surface area (Å²) in [5, 5.41) is 9.73. The summed E-state index contributed by atoms with van der Waals surface area (Å²) in [6.45, 7) is 9.69. The number of ketones is 1. The Balaban J connectivity index is 2.57. The fraction of sp³-hybridized carbons (Fsp3) is 0.533. The van der Waals surface area contributed by atoms with Crippen LogP contribution in [-0.4, -0.2) is 17.0 Å². The van der Waals surface area contributed by atoms with Crippen molar-refractivity contribution in [3.05, 3.63) is 36.0 Å². The Morgan fingerprint density at radius 3 is 2.82 bits per heavy atom. The van der Waals surface area contributed by atoms with Crippen LogP contribution in [0.25, 0.3) is 0 Å². The van der Waals surface area contributed by atoms with Crippen molar-refractivity contribution in [1.82, 2.24) is 0 Å². The minimum atomic E-state index is -0.453. The van der Waals surface area contributed by atoms with Gasteiger partial charge in [0, 0.05) is 6.42 Å². The SMILES string of the molecule is C=C1C=CC(C(C)CC(=O)C=C(C)C)CC1O. The Kier molecular flexibility index (Phi) is 4.88. The maximum Gasteiger partial charge on any atom is 0.155 e. The van der Waals surface area contributed by atoms with Crippen molar-refractivity contribution < 1.29 is 9.90 Å². The highest BCUT2D eigenvalue weighted by Crippen LogP contribution is 2.29. The van der Waals surface area contributed by atoms with E-state index in [1.807, 2.05) is 19.9 Å². The van der Waals surface area contributed by atoms with Crippen molar-refractivity contribution in [2.24, 2.45) is 11.8 Å². The van der Waals surface area contributed by atoms with Crippen LogP contribution in [-0.2, 0) is 4.79 Å². The van der Waals surface area contributed by atoms with Crippen molar-refractivity contribution in [2.45, 2.75) is 39.7 Å². The third-order valence-electron chi connectivity index (χ3n) is 3.18.